The van der Waals surface area contributed by atoms with Crippen molar-refractivity contribution < 1.29 is 9.53 Å². The molecule has 4 aromatic heterocycles. The predicted octanol–water partition coefficient (Wildman–Crippen LogP) is 4.04. The number of hydrogen-bond donors (Lipinski definition) is 3. The van der Waals surface area contributed by atoms with E-state index in [-0.39, 0.29) is 23.9 Å². The molecule has 0 radical (unpaired) electrons. The maximum Gasteiger partial charge on any atom is 0.272 e. The van der Waals surface area contributed by atoms with Crippen LogP contribution in [0.4, 0.5) is 11.6 Å². The van der Waals surface area contributed by atoms with E-state index < -0.39 is 0 Å². The number of anilines is 2. The summed E-state index contributed by atoms with van der Waals surface area (Å²) in [5.74, 6) is 0.909. The maximum absolute atomic E-state index is 13.3. The fourth-order valence-corrected chi connectivity index (χ4v) is 6.55. The predicted molar refractivity (Wildman–Crippen MR) is 155 cm³/mol. The fraction of sp³-hybridized carbons (Fsp3) is 0.300. The summed E-state index contributed by atoms with van der Waals surface area (Å²) in [6.07, 6.45) is 7.13. The molecule has 2 aliphatic rings. The van der Waals surface area contributed by atoms with Crippen LogP contribution >= 0.6 is 0 Å². The van der Waals surface area contributed by atoms with Gasteiger partial charge in [-0.05, 0) is 31.7 Å². The molecule has 2 bridgehead atoms. The number of benzene rings is 1. The molecule has 0 spiro atoms. The molecule has 6 heterocycles. The van der Waals surface area contributed by atoms with Crippen molar-refractivity contribution in [1.29, 1.82) is 0 Å². The van der Waals surface area contributed by atoms with E-state index in [1.165, 1.54) is 0 Å². The summed E-state index contributed by atoms with van der Waals surface area (Å²) in [4.78, 5) is 25.2. The van der Waals surface area contributed by atoms with E-state index in [4.69, 9.17) is 26.2 Å². The summed E-state index contributed by atoms with van der Waals surface area (Å²) < 4.78 is 7.25. The highest BCUT2D eigenvalue weighted by Crippen LogP contribution is 2.45. The Hall–Kier alpha value is -4.77. The molecule has 2 saturated heterocycles. The average molecular weight is 550 g/mol. The Kier molecular flexibility index (Phi) is 6.15. The Morgan fingerprint density at radius 1 is 1.05 bits per heavy atom. The normalized spacial score (nSPS) is 20.1. The molecule has 1 aromatic carbocycles. The van der Waals surface area contributed by atoms with Gasteiger partial charge in [0.15, 0.2) is 5.65 Å². The summed E-state index contributed by atoms with van der Waals surface area (Å²) in [6.45, 7) is 0.328. The number of rotatable bonds is 6. The van der Waals surface area contributed by atoms with Crippen molar-refractivity contribution >= 4 is 23.2 Å². The standard InChI is InChI=1S/C30H31N9O2/c1-41-16-23-27(19-11-20-8-9-21(12-19)38(20)30(40)25-13-26(31)37-36-25)35-29-22(15-34-39(29)28(23)32)18-7-10-24(33-14-18)17-5-3-2-4-6-17/h2-7,10,13-15,19-21H,8-9,11-12,16,32H2,1H3,(H3,31,36,37)/t19?,20-,21?/m1/s1. The number of nitrogens with one attached hydrogen (secondary N) is 1. The molecule has 2 aliphatic heterocycles. The minimum Gasteiger partial charge on any atom is -0.383 e. The molecule has 2 fully saturated rings. The minimum atomic E-state index is -0.0512. The zero-order valence-corrected chi connectivity index (χ0v) is 22.7. The van der Waals surface area contributed by atoms with Gasteiger partial charge in [0.05, 0.1) is 24.2 Å². The van der Waals surface area contributed by atoms with Gasteiger partial charge in [-0.15, -0.1) is 0 Å². The number of nitrogens with zero attached hydrogens (tertiary/aromatic N) is 6. The topological polar surface area (TPSA) is 153 Å². The zero-order valence-electron chi connectivity index (χ0n) is 22.7. The van der Waals surface area contributed by atoms with E-state index in [0.717, 1.165) is 59.3 Å². The molecule has 11 nitrogen and oxygen atoms in total. The summed E-state index contributed by atoms with van der Waals surface area (Å²) >= 11 is 0. The quantitative estimate of drug-likeness (QED) is 0.287. The number of ether oxygens (including phenoxy) is 1. The first-order chi connectivity index (χ1) is 20.0. The number of amides is 1. The molecule has 0 saturated carbocycles. The molecule has 7 rings (SSSR count). The van der Waals surface area contributed by atoms with Crippen LogP contribution in [0.1, 0.15) is 53.3 Å². The second-order valence-electron chi connectivity index (χ2n) is 10.9. The second kappa shape index (κ2) is 10.0. The van der Waals surface area contributed by atoms with E-state index in [1.807, 2.05) is 53.6 Å². The lowest BCUT2D eigenvalue weighted by atomic mass is 9.85. The summed E-state index contributed by atoms with van der Waals surface area (Å²) in [5.41, 5.74) is 19.1. The number of H-pyrrole nitrogens is 1. The van der Waals surface area contributed by atoms with Gasteiger partial charge in [-0.25, -0.2) is 4.98 Å². The van der Waals surface area contributed by atoms with E-state index in [2.05, 4.69) is 15.3 Å². The van der Waals surface area contributed by atoms with Gasteiger partial charge in [0.25, 0.3) is 5.91 Å². The van der Waals surface area contributed by atoms with Crippen LogP contribution in [0.3, 0.4) is 0 Å². The average Bonchev–Trinajstić information content (AvgIpc) is 3.70. The largest absolute Gasteiger partial charge is 0.383 e. The molecule has 1 amide bonds. The first-order valence-corrected chi connectivity index (χ1v) is 13.8. The number of nitrogens with two attached hydrogens (primary N) is 2. The van der Waals surface area contributed by atoms with Crippen molar-refractivity contribution in [3.63, 3.8) is 0 Å². The lowest BCUT2D eigenvalue weighted by Gasteiger charge is -2.39. The van der Waals surface area contributed by atoms with Crippen molar-refractivity contribution in [3.05, 3.63) is 77.9 Å². The summed E-state index contributed by atoms with van der Waals surface area (Å²) in [5, 5.41) is 11.3. The van der Waals surface area contributed by atoms with Gasteiger partial charge in [0, 0.05) is 59.6 Å². The Bertz CT molecular complexity index is 1710. The fourth-order valence-electron chi connectivity index (χ4n) is 6.55. The number of methoxy groups -OCH3 is 1. The molecule has 41 heavy (non-hydrogen) atoms. The third-order valence-corrected chi connectivity index (χ3v) is 8.43. The van der Waals surface area contributed by atoms with Crippen LogP contribution in [0.5, 0.6) is 0 Å². The lowest BCUT2D eigenvalue weighted by Crippen LogP contribution is -2.46. The number of fused-ring (bicyclic) bond motifs is 3. The number of hydrogen-bond acceptors (Lipinski definition) is 8. The maximum atomic E-state index is 13.3. The van der Waals surface area contributed by atoms with Crippen LogP contribution < -0.4 is 11.5 Å². The minimum absolute atomic E-state index is 0.0512. The molecular weight excluding hydrogens is 518 g/mol. The van der Waals surface area contributed by atoms with Crippen LogP contribution in [0.15, 0.2) is 60.9 Å². The van der Waals surface area contributed by atoms with Crippen molar-refractivity contribution in [2.24, 2.45) is 0 Å². The summed E-state index contributed by atoms with van der Waals surface area (Å²) in [6, 6.07) is 15.9. The van der Waals surface area contributed by atoms with Crippen LogP contribution in [0.25, 0.3) is 28.0 Å². The molecule has 5 N–H and O–H groups in total. The SMILES string of the molecule is COCc1c(C2CC3CC[C@H](C2)N3C(=O)c2cc(N)n[nH]2)nc2c(-c3ccc(-c4ccccc4)nc3)cnn2c1N. The van der Waals surface area contributed by atoms with Gasteiger partial charge in [0.2, 0.25) is 0 Å². The van der Waals surface area contributed by atoms with Crippen molar-refractivity contribution in [2.45, 2.75) is 50.3 Å². The second-order valence-corrected chi connectivity index (χ2v) is 10.9. The lowest BCUT2D eigenvalue weighted by molar-refractivity contribution is 0.0562. The number of carbonyl (C=O) groups is 1. The van der Waals surface area contributed by atoms with Crippen LogP contribution in [0, 0.1) is 0 Å². The molecular formula is C30H31N9O2. The summed E-state index contributed by atoms with van der Waals surface area (Å²) in [7, 11) is 1.66. The number of aromatic nitrogens is 6. The van der Waals surface area contributed by atoms with Crippen LogP contribution in [0.2, 0.25) is 0 Å². The van der Waals surface area contributed by atoms with Gasteiger partial charge in [0.1, 0.15) is 17.3 Å². The molecule has 2 unspecified atom stereocenters. The van der Waals surface area contributed by atoms with Crippen molar-refractivity contribution in [1.82, 2.24) is 34.7 Å². The highest BCUT2D eigenvalue weighted by molar-refractivity contribution is 5.93. The van der Waals surface area contributed by atoms with Crippen molar-refractivity contribution in [2.75, 3.05) is 18.6 Å². The Labute approximate surface area is 236 Å². The molecule has 3 atom stereocenters. The van der Waals surface area contributed by atoms with Gasteiger partial charge in [-0.2, -0.15) is 14.7 Å². The first-order valence-electron chi connectivity index (χ1n) is 13.8. The zero-order chi connectivity index (χ0) is 28.1. The molecule has 5 aromatic rings. The smallest absolute Gasteiger partial charge is 0.272 e. The van der Waals surface area contributed by atoms with Gasteiger partial charge in [-0.1, -0.05) is 36.4 Å². The van der Waals surface area contributed by atoms with E-state index in [9.17, 15) is 4.79 Å². The monoisotopic (exact) mass is 549 g/mol. The highest BCUT2D eigenvalue weighted by atomic mass is 16.5. The number of pyridine rings is 1. The van der Waals surface area contributed by atoms with Crippen LogP contribution in [-0.2, 0) is 11.3 Å². The van der Waals surface area contributed by atoms with Gasteiger partial charge < -0.3 is 21.1 Å². The van der Waals surface area contributed by atoms with E-state index in [0.29, 0.717) is 29.6 Å². The van der Waals surface area contributed by atoms with Crippen molar-refractivity contribution in [3.8, 4) is 22.4 Å². The number of nitrogen functional groups attached to an aromatic ring is 2. The Balaban J connectivity index is 1.24. The Morgan fingerprint density at radius 3 is 2.49 bits per heavy atom. The van der Waals surface area contributed by atoms with Gasteiger partial charge in [-0.3, -0.25) is 14.9 Å². The highest BCUT2D eigenvalue weighted by Gasteiger charge is 2.45. The number of piperidine rings is 1. The van der Waals surface area contributed by atoms with Gasteiger partial charge >= 0.3 is 0 Å². The first kappa shape index (κ1) is 25.2. The molecule has 208 valence electrons. The van der Waals surface area contributed by atoms with E-state index >= 15 is 0 Å². The van der Waals surface area contributed by atoms with E-state index in [1.54, 1.807) is 23.9 Å². The molecule has 0 aliphatic carbocycles. The Morgan fingerprint density at radius 2 is 1.83 bits per heavy atom. The number of aromatic amines is 1. The third-order valence-electron chi connectivity index (χ3n) is 8.43. The van der Waals surface area contributed by atoms with Crippen LogP contribution in [-0.4, -0.2) is 59.8 Å². The molecule has 11 heteroatoms. The third kappa shape index (κ3) is 4.29. The number of carbonyl (C=O) groups excluding carboxylic acids is 1.